The number of nitrogens with zero attached hydrogens (tertiary/aromatic N) is 2. The number of benzene rings is 5. The summed E-state index contributed by atoms with van der Waals surface area (Å²) in [6, 6.07) is 21.9. The van der Waals surface area contributed by atoms with Crippen LogP contribution in [0.1, 0.15) is 66.3 Å². The molecule has 0 saturated heterocycles. The minimum absolute atomic E-state index is 0.0291. The first-order valence-electron chi connectivity index (χ1n) is 18.4. The van der Waals surface area contributed by atoms with Crippen LogP contribution in [0, 0.1) is 0 Å². The maximum atomic E-state index is 13.8. The Morgan fingerprint density at radius 2 is 1.52 bits per heavy atom. The number of carbonyl (C=O) groups is 5. The molecule has 6 N–H and O–H groups in total. The van der Waals surface area contributed by atoms with Crippen molar-refractivity contribution in [2.45, 2.75) is 36.8 Å². The lowest BCUT2D eigenvalue weighted by atomic mass is 9.89. The molecule has 18 heteroatoms. The van der Waals surface area contributed by atoms with Crippen molar-refractivity contribution in [1.82, 2.24) is 10.6 Å². The lowest BCUT2D eigenvalue weighted by Gasteiger charge is -2.19. The Kier molecular flexibility index (Phi) is 12.9. The van der Waals surface area contributed by atoms with Crippen LogP contribution in [0.15, 0.2) is 117 Å². The number of rotatable bonds is 16. The highest BCUT2D eigenvalue weighted by Crippen LogP contribution is 2.42. The third-order valence-corrected chi connectivity index (χ3v) is 10.4. The molecule has 0 bridgehead atoms. The zero-order valence-corrected chi connectivity index (χ0v) is 32.7. The van der Waals surface area contributed by atoms with Gasteiger partial charge < -0.3 is 35.5 Å². The van der Waals surface area contributed by atoms with Crippen molar-refractivity contribution in [3.05, 3.63) is 147 Å². The maximum absolute atomic E-state index is 13.8. The number of sulfonamides is 1. The highest BCUT2D eigenvalue weighted by molar-refractivity contribution is 7.89. The molecule has 1 atom stereocenters. The van der Waals surface area contributed by atoms with Gasteiger partial charge in [0.1, 0.15) is 29.7 Å². The number of fused-ring (bicyclic) bond motifs is 2. The van der Waals surface area contributed by atoms with E-state index in [1.165, 1.54) is 97.1 Å². The number of ether oxygens (including phenoxy) is 1. The van der Waals surface area contributed by atoms with Gasteiger partial charge in [0.2, 0.25) is 10.0 Å². The van der Waals surface area contributed by atoms with E-state index in [0.717, 1.165) is 12.3 Å². The molecule has 0 radical (unpaired) electrons. The van der Waals surface area contributed by atoms with Crippen LogP contribution < -0.4 is 21.2 Å². The molecule has 6 rings (SSSR count). The molecule has 61 heavy (non-hydrogen) atoms. The van der Waals surface area contributed by atoms with Crippen molar-refractivity contribution in [2.24, 2.45) is 5.14 Å². The van der Waals surface area contributed by atoms with Gasteiger partial charge in [0, 0.05) is 51.9 Å². The maximum Gasteiger partial charge on any atom is 0.336 e. The number of hydrogen-bond acceptors (Lipinski definition) is 11. The normalized spacial score (nSPS) is 11.6. The summed E-state index contributed by atoms with van der Waals surface area (Å²) in [6.45, 7) is -0.102. The number of carboxylic acid groups (broad SMARTS) is 1. The molecule has 1 heterocycles. The van der Waals surface area contributed by atoms with Gasteiger partial charge in [0.05, 0.1) is 10.5 Å². The molecule has 0 fully saturated rings. The summed E-state index contributed by atoms with van der Waals surface area (Å²) in [5, 5.41) is 31.4. The SMILES string of the molecule is [N-]=[N+]=CC(=O)c1ccc(COC(=O)C(CCCCNC(=O)c2ccc(S(N)(=O)=O)cc2)NC(=O)c2ccc(-c3c4ccc(=O)cc-4oc4cc(O)ccc34)c(C(=O)O)c2)cc1. The van der Waals surface area contributed by atoms with E-state index in [4.69, 9.17) is 19.8 Å². The van der Waals surface area contributed by atoms with E-state index in [1.807, 2.05) is 0 Å². The number of amides is 2. The number of aromatic hydroxyl groups is 1. The summed E-state index contributed by atoms with van der Waals surface area (Å²) in [7, 11) is -3.94. The Bertz CT molecular complexity index is 2890. The summed E-state index contributed by atoms with van der Waals surface area (Å²) < 4.78 is 34.5. The van der Waals surface area contributed by atoms with Crippen molar-refractivity contribution in [2.75, 3.05) is 6.54 Å². The van der Waals surface area contributed by atoms with Gasteiger partial charge in [-0.1, -0.05) is 30.3 Å². The number of carbonyl (C=O) groups excluding carboxylic acids is 4. The van der Waals surface area contributed by atoms with E-state index < -0.39 is 45.6 Å². The first-order valence-corrected chi connectivity index (χ1v) is 19.9. The molecule has 1 aliphatic carbocycles. The van der Waals surface area contributed by atoms with Crippen LogP contribution in [0.3, 0.4) is 0 Å². The first-order chi connectivity index (χ1) is 29.1. The van der Waals surface area contributed by atoms with Crippen molar-refractivity contribution < 1.29 is 56.5 Å². The molecule has 310 valence electrons. The van der Waals surface area contributed by atoms with Gasteiger partial charge in [-0.05, 0) is 91.1 Å². The number of nitrogens with one attached hydrogen (secondary N) is 2. The average molecular weight is 846 g/mol. The fourth-order valence-corrected chi connectivity index (χ4v) is 6.96. The van der Waals surface area contributed by atoms with Crippen molar-refractivity contribution in [3.8, 4) is 28.2 Å². The largest absolute Gasteiger partial charge is 0.508 e. The van der Waals surface area contributed by atoms with E-state index in [-0.39, 0.29) is 81.2 Å². The summed E-state index contributed by atoms with van der Waals surface area (Å²) >= 11 is 0. The van der Waals surface area contributed by atoms with Crippen molar-refractivity contribution in [1.29, 1.82) is 0 Å². The molecule has 4 aromatic rings. The van der Waals surface area contributed by atoms with E-state index in [2.05, 4.69) is 15.4 Å². The van der Waals surface area contributed by atoms with E-state index in [0.29, 0.717) is 28.5 Å². The molecule has 1 unspecified atom stereocenters. The predicted octanol–water partition coefficient (Wildman–Crippen LogP) is 4.54. The monoisotopic (exact) mass is 845 g/mol. The van der Waals surface area contributed by atoms with Gasteiger partial charge in [-0.15, -0.1) is 0 Å². The van der Waals surface area contributed by atoms with Gasteiger partial charge in [-0.25, -0.2) is 23.1 Å². The molecular weight excluding hydrogens is 811 g/mol. The van der Waals surface area contributed by atoms with Crippen LogP contribution in [-0.4, -0.2) is 71.8 Å². The van der Waals surface area contributed by atoms with E-state index in [9.17, 15) is 47.4 Å². The van der Waals surface area contributed by atoms with Crippen LogP contribution in [-0.2, 0) is 26.2 Å². The number of primary sulfonamides is 1. The number of unbranched alkanes of at least 4 members (excludes halogenated alkanes) is 1. The Labute approximate surface area is 346 Å². The number of esters is 1. The predicted molar refractivity (Wildman–Crippen MR) is 219 cm³/mol. The number of aromatic carboxylic acids is 1. The third kappa shape index (κ3) is 10.3. The van der Waals surface area contributed by atoms with Crippen LogP contribution in [0.4, 0.5) is 0 Å². The van der Waals surface area contributed by atoms with Crippen LogP contribution in [0.25, 0.3) is 39.0 Å². The van der Waals surface area contributed by atoms with Gasteiger partial charge in [-0.3, -0.25) is 19.2 Å². The van der Waals surface area contributed by atoms with Gasteiger partial charge >= 0.3 is 18.2 Å². The first kappa shape index (κ1) is 42.8. The summed E-state index contributed by atoms with van der Waals surface area (Å²) in [5.74, 6) is -4.06. The Morgan fingerprint density at radius 1 is 0.836 bits per heavy atom. The van der Waals surface area contributed by atoms with Gasteiger partial charge in [-0.2, -0.15) is 4.79 Å². The molecule has 0 spiro atoms. The van der Waals surface area contributed by atoms with Crippen molar-refractivity contribution in [3.63, 3.8) is 0 Å². The molecule has 17 nitrogen and oxygen atoms in total. The topological polar surface area (TPSA) is 286 Å². The number of ketones is 1. The molecule has 0 saturated carbocycles. The standard InChI is InChI=1S/C43H35N5O12S/c44-47-22-36(51)25-6-4-24(5-7-25)23-59-43(56)35(3-1-2-18-46-40(52)26-8-13-30(14-9-26)61(45,57)58)48-41(53)27-10-15-31(34(19-27)42(54)55)39-32-16-11-28(49)20-37(32)60-38-21-29(50)12-17-33(38)39/h4-17,19-22,35,49H,1-3,18,23H2,(H,46,52)(H,48,53)(H,54,55)(H2,45,57,58). The minimum Gasteiger partial charge on any atom is -0.508 e. The van der Waals surface area contributed by atoms with Crippen molar-refractivity contribution >= 4 is 56.7 Å². The van der Waals surface area contributed by atoms with Crippen LogP contribution >= 0.6 is 0 Å². The summed E-state index contributed by atoms with van der Waals surface area (Å²) in [4.78, 5) is 79.4. The highest BCUT2D eigenvalue weighted by atomic mass is 32.2. The number of phenolic OH excluding ortho intramolecular Hbond substituents is 1. The number of hydrogen-bond donors (Lipinski definition) is 5. The molecule has 2 amide bonds. The third-order valence-electron chi connectivity index (χ3n) is 9.49. The Balaban J connectivity index is 1.21. The Morgan fingerprint density at radius 3 is 2.21 bits per heavy atom. The van der Waals surface area contributed by atoms with E-state index in [1.54, 1.807) is 0 Å². The molecule has 2 aliphatic rings. The number of phenols is 1. The number of carboxylic acids is 1. The fraction of sp³-hybridized carbons (Fsp3) is 0.140. The van der Waals surface area contributed by atoms with Gasteiger partial charge in [0.15, 0.2) is 5.43 Å². The zero-order chi connectivity index (χ0) is 43.8. The second-order valence-corrected chi connectivity index (χ2v) is 15.2. The smallest absolute Gasteiger partial charge is 0.336 e. The zero-order valence-electron chi connectivity index (χ0n) is 31.9. The summed E-state index contributed by atoms with van der Waals surface area (Å²) in [6.07, 6.45) is 1.38. The number of nitrogens with two attached hydrogens (primary N) is 1. The quantitative estimate of drug-likeness (QED) is 0.0171. The Hall–Kier alpha value is -7.79. The summed E-state index contributed by atoms with van der Waals surface area (Å²) in [5.41, 5.74) is 9.89. The lowest BCUT2D eigenvalue weighted by molar-refractivity contribution is -0.147. The van der Waals surface area contributed by atoms with Crippen LogP contribution in [0.2, 0.25) is 0 Å². The minimum atomic E-state index is -3.94. The lowest BCUT2D eigenvalue weighted by Crippen LogP contribution is -2.42. The molecular formula is C43H35N5O12S. The fourth-order valence-electron chi connectivity index (χ4n) is 6.44. The second kappa shape index (κ2) is 18.4. The average Bonchev–Trinajstić information content (AvgIpc) is 3.23. The second-order valence-electron chi connectivity index (χ2n) is 13.6. The molecule has 4 aromatic carbocycles. The molecule has 0 aromatic heterocycles. The molecule has 1 aliphatic heterocycles. The van der Waals surface area contributed by atoms with Crippen LogP contribution in [0.5, 0.6) is 5.75 Å². The van der Waals surface area contributed by atoms with E-state index >= 15 is 0 Å². The number of Topliss-reactive ketones (excluding diaryl/α,β-unsaturated/α-hetero) is 1. The van der Waals surface area contributed by atoms with Gasteiger partial charge in [0.25, 0.3) is 17.6 Å². The highest BCUT2D eigenvalue weighted by Gasteiger charge is 2.26.